The molecular weight excluding hydrogens is 364 g/mol. The van der Waals surface area contributed by atoms with E-state index in [-0.39, 0.29) is 17.5 Å². The molecule has 3 N–H and O–H groups in total. The molecule has 0 saturated heterocycles. The van der Waals surface area contributed by atoms with Crippen LogP contribution in [0.3, 0.4) is 0 Å². The van der Waals surface area contributed by atoms with Gasteiger partial charge in [-0.2, -0.15) is 0 Å². The number of imidazole rings is 1. The van der Waals surface area contributed by atoms with Crippen molar-refractivity contribution in [3.05, 3.63) is 27.1 Å². The van der Waals surface area contributed by atoms with Crippen molar-refractivity contribution in [3.63, 3.8) is 0 Å². The summed E-state index contributed by atoms with van der Waals surface area (Å²) in [6.45, 7) is 1.08. The van der Waals surface area contributed by atoms with Gasteiger partial charge in [0, 0.05) is 27.6 Å². The molecule has 12 nitrogen and oxygen atoms in total. The third kappa shape index (κ3) is 4.67. The molecule has 12 heteroatoms. The number of carbonyl (C=O) groups excluding carboxylic acids is 1. The molecule has 2 rings (SSSR count). The highest BCUT2D eigenvalue weighted by molar-refractivity contribution is 5.90. The number of carboxylic acid groups (broad SMARTS) is 2. The fourth-order valence-corrected chi connectivity index (χ4v) is 2.29. The number of Topliss-reactive ketones (excluding diaryl/α,β-unsaturated/α-hetero) is 1. The van der Waals surface area contributed by atoms with Crippen molar-refractivity contribution in [1.29, 1.82) is 0 Å². The van der Waals surface area contributed by atoms with Crippen LogP contribution >= 0.6 is 0 Å². The van der Waals surface area contributed by atoms with E-state index in [0.29, 0.717) is 0 Å². The van der Waals surface area contributed by atoms with Crippen molar-refractivity contribution >= 4 is 28.9 Å². The number of nitrogens with zero attached hydrogens (tertiary/aromatic N) is 4. The lowest BCUT2D eigenvalue weighted by atomic mass is 9.94. The Morgan fingerprint density at radius 2 is 1.70 bits per heavy atom. The molecule has 0 radical (unpaired) electrons. The Balaban J connectivity index is 0.000000284. The summed E-state index contributed by atoms with van der Waals surface area (Å²) >= 11 is 0. The molecule has 148 valence electrons. The van der Waals surface area contributed by atoms with Gasteiger partial charge < -0.3 is 19.9 Å². The molecule has 0 aliphatic rings. The van der Waals surface area contributed by atoms with Gasteiger partial charge in [0.15, 0.2) is 16.8 Å². The van der Waals surface area contributed by atoms with Crippen molar-refractivity contribution in [2.45, 2.75) is 25.4 Å². The third-order valence-corrected chi connectivity index (χ3v) is 3.64. The number of rotatable bonds is 5. The first-order valence-corrected chi connectivity index (χ1v) is 7.49. The van der Waals surface area contributed by atoms with Crippen LogP contribution in [-0.2, 0) is 35.5 Å². The van der Waals surface area contributed by atoms with Crippen LogP contribution in [0.5, 0.6) is 0 Å². The zero-order chi connectivity index (χ0) is 22.0. The van der Waals surface area contributed by atoms with Crippen LogP contribution in [0.4, 0.5) is 0 Å². The lowest BCUT2D eigenvalue weighted by Crippen LogP contribution is -2.42. The first kappa shape index (κ1) is 20.0. The highest BCUT2D eigenvalue weighted by Crippen LogP contribution is 2.16. The molecule has 0 saturated carbocycles. The topological polar surface area (TPSA) is 174 Å². The molecule has 0 spiro atoms. The molecule has 2 aromatic heterocycles. The van der Waals surface area contributed by atoms with Gasteiger partial charge in [-0.25, -0.2) is 14.6 Å². The van der Waals surface area contributed by atoms with Gasteiger partial charge in [0.25, 0.3) is 5.56 Å². The summed E-state index contributed by atoms with van der Waals surface area (Å²) in [6.07, 6.45) is -1.72. The van der Waals surface area contributed by atoms with Crippen LogP contribution in [-0.4, -0.2) is 57.3 Å². The number of aryl methyl sites for hydroxylation is 2. The predicted molar refractivity (Wildman–Crippen MR) is 91.3 cm³/mol. The second kappa shape index (κ2) is 7.95. The maximum Gasteiger partial charge on any atom is 0.336 e. The van der Waals surface area contributed by atoms with E-state index in [1.807, 2.05) is 0 Å². The summed E-state index contributed by atoms with van der Waals surface area (Å²) in [6, 6.07) is 0. The first-order valence-electron chi connectivity index (χ1n) is 7.99. The lowest BCUT2D eigenvalue weighted by molar-refractivity contribution is -0.167. The minimum atomic E-state index is -2.49. The maximum absolute atomic E-state index is 11.7. The summed E-state index contributed by atoms with van der Waals surface area (Å²) in [5, 5.41) is 26.0. The Bertz CT molecular complexity index is 1050. The van der Waals surface area contributed by atoms with E-state index in [4.69, 9.17) is 11.6 Å². The molecule has 0 aliphatic carbocycles. The zero-order valence-electron chi connectivity index (χ0n) is 16.1. The predicted octanol–water partition coefficient (Wildman–Crippen LogP) is -1.77. The lowest BCUT2D eigenvalue weighted by Gasteiger charge is -2.19. The van der Waals surface area contributed by atoms with E-state index < -0.39 is 47.4 Å². The van der Waals surface area contributed by atoms with Crippen molar-refractivity contribution in [2.75, 3.05) is 0 Å². The number of ketones is 1. The van der Waals surface area contributed by atoms with Crippen molar-refractivity contribution in [1.82, 2.24) is 18.7 Å². The molecule has 2 aromatic rings. The van der Waals surface area contributed by atoms with Gasteiger partial charge in [-0.3, -0.25) is 23.5 Å². The van der Waals surface area contributed by atoms with E-state index >= 15 is 0 Å². The second-order valence-corrected chi connectivity index (χ2v) is 5.93. The number of aliphatic hydroxyl groups is 1. The summed E-state index contributed by atoms with van der Waals surface area (Å²) < 4.78 is 11.1. The van der Waals surface area contributed by atoms with E-state index in [9.17, 15) is 29.1 Å². The molecule has 0 aromatic carbocycles. The average Bonchev–Trinajstić information content (AvgIpc) is 2.85. The maximum atomic E-state index is 11.7. The fourth-order valence-electron chi connectivity index (χ4n) is 2.29. The Labute approximate surface area is 153 Å². The minimum absolute atomic E-state index is 0.0386. The highest BCUT2D eigenvalue weighted by Gasteiger charge is 2.39. The van der Waals surface area contributed by atoms with E-state index in [1.165, 1.54) is 23.2 Å². The molecule has 1 atom stereocenters. The van der Waals surface area contributed by atoms with Crippen molar-refractivity contribution in [2.24, 2.45) is 21.1 Å². The van der Waals surface area contributed by atoms with Gasteiger partial charge in [-0.1, -0.05) is 0 Å². The summed E-state index contributed by atoms with van der Waals surface area (Å²) in [5.74, 6) is -3.75. The average molecular weight is 385 g/mol. The minimum Gasteiger partial charge on any atom is -0.481 e. The molecule has 0 bridgehead atoms. The smallest absolute Gasteiger partial charge is 0.336 e. The van der Waals surface area contributed by atoms with Crippen LogP contribution in [0.2, 0.25) is 0 Å². The van der Waals surface area contributed by atoms with E-state index in [0.717, 1.165) is 11.5 Å². The number of hydrogen-bond acceptors (Lipinski definition) is 7. The Morgan fingerprint density at radius 3 is 2.15 bits per heavy atom. The standard InChI is InChI=1S/C8H10N4O2.C7H10O6/c1-10-4-9-6-5(10)7(13)12(3)8(14)11(6)2;1-4(8)2-7(13,6(11)12)3-5(9)10/h4H,1-3H3;13H,2-3H2,1H3,(H,9,10)(H,11,12)/i4D;. The van der Waals surface area contributed by atoms with E-state index in [2.05, 4.69) is 4.98 Å². The molecule has 27 heavy (non-hydrogen) atoms. The number of fused-ring (bicyclic) bond motifs is 1. The van der Waals surface area contributed by atoms with Crippen LogP contribution in [0.1, 0.15) is 21.1 Å². The Hall–Kier alpha value is -3.28. The number of aromatic nitrogens is 4. The van der Waals surface area contributed by atoms with Crippen LogP contribution in [0.25, 0.3) is 11.2 Å². The SMILES string of the molecule is CC(=O)CC(O)(CC(=O)O)C(=O)O.[2H]c1nc2c(c(=O)n(C)c(=O)n2C)n1C. The van der Waals surface area contributed by atoms with Gasteiger partial charge >= 0.3 is 17.6 Å². The van der Waals surface area contributed by atoms with Crippen LogP contribution in [0.15, 0.2) is 15.9 Å². The van der Waals surface area contributed by atoms with E-state index in [1.54, 1.807) is 7.05 Å². The largest absolute Gasteiger partial charge is 0.481 e. The van der Waals surface area contributed by atoms with Gasteiger partial charge in [-0.05, 0) is 6.92 Å². The number of carbonyl (C=O) groups is 3. The van der Waals surface area contributed by atoms with Gasteiger partial charge in [-0.15, -0.1) is 0 Å². The molecule has 0 fully saturated rings. The molecule has 2 heterocycles. The van der Waals surface area contributed by atoms with Crippen molar-refractivity contribution in [3.8, 4) is 0 Å². The third-order valence-electron chi connectivity index (χ3n) is 3.64. The zero-order valence-corrected chi connectivity index (χ0v) is 15.1. The number of aliphatic carboxylic acids is 2. The van der Waals surface area contributed by atoms with Crippen LogP contribution in [0, 0.1) is 0 Å². The van der Waals surface area contributed by atoms with Gasteiger partial charge in [0.2, 0.25) is 0 Å². The summed E-state index contributed by atoms with van der Waals surface area (Å²) in [5.41, 5.74) is -2.84. The monoisotopic (exact) mass is 385 g/mol. The fraction of sp³-hybridized carbons (Fsp3) is 0.467. The Kier molecular flexibility index (Phi) is 5.90. The second-order valence-electron chi connectivity index (χ2n) is 5.93. The summed E-state index contributed by atoms with van der Waals surface area (Å²) in [4.78, 5) is 58.3. The number of hydrogen-bond donors (Lipinski definition) is 3. The molecule has 1 unspecified atom stereocenters. The molecular formula is C15H20N4O8. The first-order chi connectivity index (χ1) is 12.7. The van der Waals surface area contributed by atoms with Crippen molar-refractivity contribution < 1.29 is 31.1 Å². The normalized spacial score (nSPS) is 13.3. The summed E-state index contributed by atoms with van der Waals surface area (Å²) in [7, 11) is 4.50. The Morgan fingerprint density at radius 1 is 1.15 bits per heavy atom. The quantitative estimate of drug-likeness (QED) is 0.538. The highest BCUT2D eigenvalue weighted by atomic mass is 16.4. The number of carboxylic acids is 2. The molecule has 0 aliphatic heterocycles. The van der Waals surface area contributed by atoms with Gasteiger partial charge in [0.1, 0.15) is 7.15 Å². The van der Waals surface area contributed by atoms with Gasteiger partial charge in [0.05, 0.1) is 12.7 Å². The van der Waals surface area contributed by atoms with Crippen LogP contribution < -0.4 is 11.2 Å². The molecule has 0 amide bonds.